The Balaban J connectivity index is 2.10. The highest BCUT2D eigenvalue weighted by Gasteiger charge is 2.04. The van der Waals surface area contributed by atoms with Crippen molar-refractivity contribution >= 4 is 13.7 Å². The Labute approximate surface area is 108 Å². The molecule has 0 saturated carbocycles. The second-order valence-corrected chi connectivity index (χ2v) is 4.76. The molecule has 0 fully saturated rings. The maximum Gasteiger partial charge on any atom is 0.113 e. The van der Waals surface area contributed by atoms with Gasteiger partial charge in [-0.25, -0.2) is 0 Å². The number of aromatic nitrogens is 3. The van der Waals surface area contributed by atoms with Crippen molar-refractivity contribution in [2.24, 2.45) is 5.73 Å². The lowest BCUT2D eigenvalue weighted by atomic mass is 10.2. The van der Waals surface area contributed by atoms with Gasteiger partial charge < -0.3 is 5.73 Å². The Morgan fingerprint density at radius 3 is 3.00 bits per heavy atom. The third-order valence-corrected chi connectivity index (χ3v) is 3.19. The van der Waals surface area contributed by atoms with Gasteiger partial charge in [0.1, 0.15) is 5.69 Å². The van der Waals surface area contributed by atoms with Gasteiger partial charge in [0.15, 0.2) is 0 Å². The average Bonchev–Trinajstić information content (AvgIpc) is 2.88. The smallest absolute Gasteiger partial charge is 0.113 e. The van der Waals surface area contributed by atoms with Crippen LogP contribution in [-0.2, 0) is 6.54 Å². The second kappa shape index (κ2) is 6.38. The molecule has 1 aromatic carbocycles. The van der Waals surface area contributed by atoms with Gasteiger partial charge in [0, 0.05) is 25.8 Å². The molecule has 0 bridgehead atoms. The molecule has 0 radical (unpaired) electrons. The fourth-order valence-electron chi connectivity index (χ4n) is 1.69. The van der Waals surface area contributed by atoms with Gasteiger partial charge in [0.25, 0.3) is 0 Å². The minimum atomic E-state index is 0.521. The lowest BCUT2D eigenvalue weighted by Gasteiger charge is -1.98. The fourth-order valence-corrected chi connectivity index (χ4v) is 2.06. The Hall–Kier alpha value is -1.58. The van der Waals surface area contributed by atoms with Crippen molar-refractivity contribution in [2.75, 3.05) is 6.54 Å². The van der Waals surface area contributed by atoms with Crippen LogP contribution >= 0.6 is 8.37 Å². The zero-order valence-electron chi connectivity index (χ0n) is 10.1. The minimum Gasteiger partial charge on any atom is -0.330 e. The molecule has 0 unspecified atom stereocenters. The molecule has 0 aliphatic heterocycles. The van der Waals surface area contributed by atoms with Crippen molar-refractivity contribution in [3.8, 4) is 11.3 Å². The first-order valence-electron chi connectivity index (χ1n) is 5.91. The number of hydrogen-bond donors (Lipinski definition) is 2. The van der Waals surface area contributed by atoms with Crippen LogP contribution in [0.5, 0.6) is 0 Å². The van der Waals surface area contributed by atoms with Crippen LogP contribution < -0.4 is 11.0 Å². The van der Waals surface area contributed by atoms with Crippen molar-refractivity contribution in [1.29, 1.82) is 5.16 Å². The summed E-state index contributed by atoms with van der Waals surface area (Å²) in [7, 11) is 0.521. The van der Waals surface area contributed by atoms with Crippen molar-refractivity contribution < 1.29 is 0 Å². The van der Waals surface area contributed by atoms with Gasteiger partial charge >= 0.3 is 0 Å². The van der Waals surface area contributed by atoms with Crippen molar-refractivity contribution in [2.45, 2.75) is 19.4 Å². The summed E-state index contributed by atoms with van der Waals surface area (Å²) in [6, 6.07) is 7.84. The van der Waals surface area contributed by atoms with E-state index < -0.39 is 0 Å². The molecule has 0 saturated heterocycles. The molecular weight excluding hydrogens is 245 g/mol. The molecule has 2 aromatic rings. The molecule has 18 heavy (non-hydrogen) atoms. The fraction of sp³-hybridized carbons (Fsp3) is 0.333. The molecule has 0 aliphatic rings. The molecular formula is C12H16N5P. The molecule has 2 rings (SSSR count). The van der Waals surface area contributed by atoms with Crippen LogP contribution in [0.1, 0.15) is 12.8 Å². The lowest BCUT2D eigenvalue weighted by Crippen LogP contribution is -2.03. The van der Waals surface area contributed by atoms with E-state index in [2.05, 4.69) is 10.3 Å². The summed E-state index contributed by atoms with van der Waals surface area (Å²) in [6.45, 7) is 1.56. The molecule has 0 aliphatic carbocycles. The molecule has 5 nitrogen and oxygen atoms in total. The van der Waals surface area contributed by atoms with Crippen molar-refractivity contribution in [3.63, 3.8) is 0 Å². The topological polar surface area (TPSA) is 80.6 Å². The first-order chi connectivity index (χ1) is 8.83. The number of hydrogen-bond acceptors (Lipinski definition) is 4. The van der Waals surface area contributed by atoms with E-state index in [-0.39, 0.29) is 0 Å². The summed E-state index contributed by atoms with van der Waals surface area (Å²) in [5.41, 5.74) is 7.32. The Morgan fingerprint density at radius 1 is 1.33 bits per heavy atom. The Morgan fingerprint density at radius 2 is 2.22 bits per heavy atom. The molecule has 3 N–H and O–H groups in total. The highest BCUT2D eigenvalue weighted by Crippen LogP contribution is 2.15. The van der Waals surface area contributed by atoms with Gasteiger partial charge in [-0.3, -0.25) is 9.84 Å². The first kappa shape index (κ1) is 12.9. The van der Waals surface area contributed by atoms with E-state index in [4.69, 9.17) is 10.9 Å². The van der Waals surface area contributed by atoms with Crippen LogP contribution in [-0.4, -0.2) is 21.5 Å². The quantitative estimate of drug-likeness (QED) is 0.616. The Bertz CT molecular complexity index is 523. The van der Waals surface area contributed by atoms with Crippen LogP contribution in [0.2, 0.25) is 0 Å². The van der Waals surface area contributed by atoms with E-state index >= 15 is 0 Å². The maximum absolute atomic E-state index is 7.34. The van der Waals surface area contributed by atoms with E-state index in [0.717, 1.165) is 35.9 Å². The molecule has 1 heterocycles. The Kier molecular flexibility index (Phi) is 4.56. The van der Waals surface area contributed by atoms with Gasteiger partial charge in [-0.05, 0) is 31.5 Å². The van der Waals surface area contributed by atoms with Gasteiger partial charge in [-0.2, -0.15) is 0 Å². The summed E-state index contributed by atoms with van der Waals surface area (Å²) in [5.74, 6) is 0. The van der Waals surface area contributed by atoms with E-state index in [0.29, 0.717) is 14.9 Å². The van der Waals surface area contributed by atoms with E-state index in [1.54, 1.807) is 0 Å². The lowest BCUT2D eigenvalue weighted by molar-refractivity contribution is 0.544. The van der Waals surface area contributed by atoms with Gasteiger partial charge in [-0.1, -0.05) is 17.3 Å². The summed E-state index contributed by atoms with van der Waals surface area (Å²) in [4.78, 5) is 0. The van der Waals surface area contributed by atoms with Gasteiger partial charge in [0.2, 0.25) is 0 Å². The monoisotopic (exact) mass is 261 g/mol. The van der Waals surface area contributed by atoms with Crippen LogP contribution in [0, 0.1) is 5.16 Å². The molecule has 0 amide bonds. The SMILES string of the molecule is N=Pc1cccc(-c2cn(CCCCN)nn2)c1. The molecule has 1 aromatic heterocycles. The van der Waals surface area contributed by atoms with E-state index in [1.165, 1.54) is 0 Å². The average molecular weight is 261 g/mol. The predicted octanol–water partition coefficient (Wildman–Crippen LogP) is 2.02. The van der Waals surface area contributed by atoms with Crippen LogP contribution in [0.25, 0.3) is 11.3 Å². The normalized spacial score (nSPS) is 10.9. The zero-order valence-corrected chi connectivity index (χ0v) is 11.0. The molecule has 94 valence electrons. The van der Waals surface area contributed by atoms with E-state index in [9.17, 15) is 0 Å². The number of nitrogens with one attached hydrogen (secondary N) is 1. The summed E-state index contributed by atoms with van der Waals surface area (Å²) in [5, 5.41) is 16.6. The van der Waals surface area contributed by atoms with Crippen molar-refractivity contribution in [1.82, 2.24) is 15.0 Å². The van der Waals surface area contributed by atoms with E-state index in [1.807, 2.05) is 35.1 Å². The number of nitrogens with zero attached hydrogens (tertiary/aromatic N) is 3. The third-order valence-electron chi connectivity index (χ3n) is 2.65. The van der Waals surface area contributed by atoms with Crippen LogP contribution in [0.4, 0.5) is 0 Å². The molecule has 0 spiro atoms. The van der Waals surface area contributed by atoms with Crippen LogP contribution in [0.15, 0.2) is 30.5 Å². The zero-order chi connectivity index (χ0) is 12.8. The van der Waals surface area contributed by atoms with Crippen LogP contribution in [0.3, 0.4) is 0 Å². The molecule has 6 heteroatoms. The largest absolute Gasteiger partial charge is 0.330 e. The van der Waals surface area contributed by atoms with Crippen molar-refractivity contribution in [3.05, 3.63) is 30.5 Å². The second-order valence-electron chi connectivity index (χ2n) is 4.02. The number of benzene rings is 1. The number of rotatable bonds is 6. The van der Waals surface area contributed by atoms with Gasteiger partial charge in [0.05, 0.1) is 6.20 Å². The summed E-state index contributed by atoms with van der Waals surface area (Å²) >= 11 is 0. The van der Waals surface area contributed by atoms with Gasteiger partial charge in [-0.15, -0.1) is 5.10 Å². The number of unbranched alkanes of at least 4 members (excludes halogenated alkanes) is 1. The highest BCUT2D eigenvalue weighted by molar-refractivity contribution is 7.35. The maximum atomic E-state index is 7.34. The third kappa shape index (κ3) is 3.22. The number of nitrogens with two attached hydrogens (primary N) is 1. The first-order valence-corrected chi connectivity index (χ1v) is 6.81. The molecule has 0 atom stereocenters. The summed E-state index contributed by atoms with van der Waals surface area (Å²) in [6.07, 6.45) is 3.96. The number of aryl methyl sites for hydroxylation is 1. The summed E-state index contributed by atoms with van der Waals surface area (Å²) < 4.78 is 1.84. The highest BCUT2D eigenvalue weighted by atomic mass is 31.1. The standard InChI is InChI=1S/C12H16N5P/c13-6-1-2-7-17-9-12(15-16-17)10-4-3-5-11(8-10)18-14/h3-5,8-9,14H,1-2,6-7,13H2. The minimum absolute atomic E-state index is 0.521. The predicted molar refractivity (Wildman–Crippen MR) is 73.0 cm³/mol.